The van der Waals surface area contributed by atoms with Crippen LogP contribution in [0, 0.1) is 0 Å². The maximum atomic E-state index is 13.7. The Bertz CT molecular complexity index is 3050. The van der Waals surface area contributed by atoms with Crippen LogP contribution in [-0.4, -0.2) is 86.1 Å². The first-order valence-corrected chi connectivity index (χ1v) is 20.7. The largest absolute Gasteiger partial charge is 0.305 e. The van der Waals surface area contributed by atoms with E-state index in [0.29, 0.717) is 71.4 Å². The van der Waals surface area contributed by atoms with Crippen molar-refractivity contribution in [3.8, 4) is 34.2 Å². The predicted molar refractivity (Wildman–Crippen MR) is 224 cm³/mol. The number of H-pyrrole nitrogens is 2. The molecule has 2 aliphatic rings. The number of likely N-dealkylation sites (N-methyl/N-ethyl adjacent to an activating group) is 1. The van der Waals surface area contributed by atoms with Crippen molar-refractivity contribution in [1.29, 1.82) is 0 Å². The van der Waals surface area contributed by atoms with Crippen molar-refractivity contribution in [1.82, 2.24) is 39.2 Å². The van der Waals surface area contributed by atoms with Crippen LogP contribution in [-0.2, 0) is 27.7 Å². The lowest BCUT2D eigenvalue weighted by Crippen LogP contribution is -2.45. The Morgan fingerprint density at radius 2 is 1.33 bits per heavy atom. The number of anilines is 2. The number of aromatic amines is 2. The summed E-state index contributed by atoms with van der Waals surface area (Å²) in [6.45, 7) is 0.175. The average molecular weight is 821 g/mol. The van der Waals surface area contributed by atoms with E-state index in [-0.39, 0.29) is 57.4 Å². The number of sulfonamides is 1. The Balaban J connectivity index is 0.905. The van der Waals surface area contributed by atoms with Crippen LogP contribution in [0.3, 0.4) is 0 Å². The smallest absolute Gasteiger partial charge is 0.278 e. The first-order valence-electron chi connectivity index (χ1n) is 19.2. The minimum Gasteiger partial charge on any atom is -0.305 e. The van der Waals surface area contributed by atoms with Crippen LogP contribution in [0.2, 0.25) is 0 Å². The highest BCUT2D eigenvalue weighted by Gasteiger charge is 2.32. The molecule has 0 saturated carbocycles. The maximum Gasteiger partial charge on any atom is 0.278 e. The summed E-state index contributed by atoms with van der Waals surface area (Å²) in [7, 11) is -2.78. The Kier molecular flexibility index (Phi) is 9.89. The molecule has 2 aromatic carbocycles. The molecule has 0 spiro atoms. The molecule has 2 amide bonds. The van der Waals surface area contributed by atoms with E-state index in [1.54, 1.807) is 60.9 Å². The number of amides is 2. The van der Waals surface area contributed by atoms with Gasteiger partial charge >= 0.3 is 0 Å². The Labute approximate surface area is 342 Å². The summed E-state index contributed by atoms with van der Waals surface area (Å²) in [5.41, 5.74) is 3.14. The average Bonchev–Trinajstić information content (AvgIpc) is 3.28. The number of carbonyl (C=O) groups excluding carboxylic acids is 2. The highest BCUT2D eigenvalue weighted by molar-refractivity contribution is 7.89. The summed E-state index contributed by atoms with van der Waals surface area (Å²) in [4.78, 5) is 84.6. The van der Waals surface area contributed by atoms with Gasteiger partial charge in [0.15, 0.2) is 11.6 Å². The van der Waals surface area contributed by atoms with Gasteiger partial charge < -0.3 is 9.97 Å². The van der Waals surface area contributed by atoms with Crippen molar-refractivity contribution < 1.29 is 18.0 Å². The summed E-state index contributed by atoms with van der Waals surface area (Å²) in [5.74, 6) is 0.00895. The van der Waals surface area contributed by atoms with E-state index in [1.165, 1.54) is 29.0 Å². The molecule has 5 aromatic heterocycles. The molecule has 17 heteroatoms. The number of aromatic nitrogens is 7. The van der Waals surface area contributed by atoms with E-state index in [0.717, 1.165) is 9.69 Å². The number of nitrogens with zero attached hydrogens (tertiary/aromatic N) is 8. The van der Waals surface area contributed by atoms with Gasteiger partial charge in [-0.15, -0.1) is 0 Å². The van der Waals surface area contributed by atoms with E-state index in [4.69, 9.17) is 4.98 Å². The zero-order chi connectivity index (χ0) is 41.5. The topological polar surface area (TPSA) is 208 Å². The highest BCUT2D eigenvalue weighted by atomic mass is 32.2. The van der Waals surface area contributed by atoms with Gasteiger partial charge in [0.05, 0.1) is 28.1 Å². The van der Waals surface area contributed by atoms with Gasteiger partial charge in [-0.25, -0.2) is 23.4 Å². The van der Waals surface area contributed by atoms with Crippen LogP contribution in [0.5, 0.6) is 0 Å². The van der Waals surface area contributed by atoms with Gasteiger partial charge in [0, 0.05) is 43.5 Å². The first-order chi connectivity index (χ1) is 29.0. The molecule has 0 radical (unpaired) electrons. The zero-order valence-corrected chi connectivity index (χ0v) is 33.0. The van der Waals surface area contributed by atoms with Gasteiger partial charge in [0.1, 0.15) is 28.7 Å². The lowest BCUT2D eigenvalue weighted by Gasteiger charge is -2.29. The van der Waals surface area contributed by atoms with E-state index in [1.807, 2.05) is 30.3 Å². The van der Waals surface area contributed by atoms with Crippen molar-refractivity contribution in [2.24, 2.45) is 0 Å². The molecule has 0 fully saturated rings. The number of hydrogen-bond acceptors (Lipinski definition) is 11. The van der Waals surface area contributed by atoms with E-state index >= 15 is 0 Å². The Morgan fingerprint density at radius 1 is 0.700 bits per heavy atom. The Hall–Kier alpha value is -7.24. The fourth-order valence-electron chi connectivity index (χ4n) is 7.48. The zero-order valence-electron chi connectivity index (χ0n) is 32.2. The molecule has 0 bridgehead atoms. The molecule has 0 aliphatic carbocycles. The molecule has 16 nitrogen and oxygen atoms in total. The third-order valence-electron chi connectivity index (χ3n) is 10.6. The normalized spacial score (nSPS) is 13.9. The summed E-state index contributed by atoms with van der Waals surface area (Å²) < 4.78 is 28.3. The maximum absolute atomic E-state index is 13.7. The molecule has 60 heavy (non-hydrogen) atoms. The number of para-hydroxylation sites is 1. The summed E-state index contributed by atoms with van der Waals surface area (Å²) in [6.07, 6.45) is 5.17. The monoisotopic (exact) mass is 820 g/mol. The number of benzene rings is 2. The van der Waals surface area contributed by atoms with Gasteiger partial charge in [-0.3, -0.25) is 38.9 Å². The molecule has 300 valence electrons. The summed E-state index contributed by atoms with van der Waals surface area (Å²) >= 11 is 0. The minimum atomic E-state index is -4.10. The lowest BCUT2D eigenvalue weighted by atomic mass is 10.1. The van der Waals surface area contributed by atoms with Gasteiger partial charge in [-0.05, 0) is 73.7 Å². The van der Waals surface area contributed by atoms with Crippen molar-refractivity contribution >= 4 is 44.4 Å². The molecule has 9 rings (SSSR count). The van der Waals surface area contributed by atoms with Gasteiger partial charge in [-0.1, -0.05) is 48.5 Å². The first kappa shape index (κ1) is 38.3. The number of carbonyl (C=O) groups is 2. The fraction of sp³-hybridized carbons (Fsp3) is 0.186. The standard InChI is InChI=1S/C43H36N10O6S/c1-51(25-36(54)52-22-6-9-30-39(52)47-37(49-41(30)55)33-12-4-5-21-44-33)60(58,59)29-17-13-26(14-18-29)28-16-19-34(45-24-28)38-48-40-31(42(56)50-38)10-7-23-53(40)43(57)35-20-15-27-8-2-3-11-32(27)46-35/h2-5,8,11-21,24H,6-7,9-10,22-23,25H2,1H3,(H,47,49,55)(H,48,50,56). The van der Waals surface area contributed by atoms with Gasteiger partial charge in [0.2, 0.25) is 15.9 Å². The van der Waals surface area contributed by atoms with Gasteiger partial charge in [-0.2, -0.15) is 4.31 Å². The number of nitrogens with one attached hydrogen (secondary N) is 2. The highest BCUT2D eigenvalue weighted by Crippen LogP contribution is 2.29. The Morgan fingerprint density at radius 3 is 2.00 bits per heavy atom. The third kappa shape index (κ3) is 7.13. The van der Waals surface area contributed by atoms with E-state index in [9.17, 15) is 27.6 Å². The van der Waals surface area contributed by atoms with Crippen LogP contribution in [0.1, 0.15) is 34.5 Å². The van der Waals surface area contributed by atoms with Crippen LogP contribution >= 0.6 is 0 Å². The molecular weight excluding hydrogens is 785 g/mol. The van der Waals surface area contributed by atoms with Gasteiger partial charge in [0.25, 0.3) is 17.0 Å². The number of pyridine rings is 3. The summed E-state index contributed by atoms with van der Waals surface area (Å²) in [5, 5.41) is 0.910. The van der Waals surface area contributed by atoms with E-state index < -0.39 is 22.5 Å². The van der Waals surface area contributed by atoms with Crippen LogP contribution < -0.4 is 20.9 Å². The fourth-order valence-corrected chi connectivity index (χ4v) is 8.60. The molecule has 7 aromatic rings. The molecule has 7 heterocycles. The number of fused-ring (bicyclic) bond motifs is 3. The van der Waals surface area contributed by atoms with Crippen molar-refractivity contribution in [3.63, 3.8) is 0 Å². The molecular formula is C43H36N10O6S. The van der Waals surface area contributed by atoms with Crippen molar-refractivity contribution in [2.45, 2.75) is 30.6 Å². The second-order valence-corrected chi connectivity index (χ2v) is 16.5. The molecule has 0 saturated heterocycles. The van der Waals surface area contributed by atoms with Crippen molar-refractivity contribution in [2.75, 3.05) is 36.5 Å². The van der Waals surface area contributed by atoms with Crippen LogP contribution in [0.4, 0.5) is 11.6 Å². The van der Waals surface area contributed by atoms with E-state index in [2.05, 4.69) is 29.9 Å². The number of hydrogen-bond donors (Lipinski definition) is 2. The third-order valence-corrected chi connectivity index (χ3v) is 12.5. The van der Waals surface area contributed by atoms with Crippen LogP contribution in [0.25, 0.3) is 45.1 Å². The quantitative estimate of drug-likeness (QED) is 0.220. The molecule has 0 unspecified atom stereocenters. The summed E-state index contributed by atoms with van der Waals surface area (Å²) in [6, 6.07) is 25.9. The van der Waals surface area contributed by atoms with Crippen LogP contribution in [0.15, 0.2) is 118 Å². The predicted octanol–water partition coefficient (Wildman–Crippen LogP) is 4.39. The second kappa shape index (κ2) is 15.5. The second-order valence-electron chi connectivity index (χ2n) is 14.5. The SMILES string of the molecule is CN(CC(=O)N1CCCc2c1nc(-c1ccccn1)[nH]c2=O)S(=O)(=O)c1ccc(-c2ccc(-c3nc4c(c(=O)[nH]3)CCCN4C(=O)c3ccc4ccccc4n3)nc2)cc1. The molecule has 2 aliphatic heterocycles. The molecule has 0 atom stereocenters. The lowest BCUT2D eigenvalue weighted by molar-refractivity contribution is -0.118. The molecule has 2 N–H and O–H groups in total. The van der Waals surface area contributed by atoms with Crippen molar-refractivity contribution in [3.05, 3.63) is 141 Å². The minimum absolute atomic E-state index is 0.0222. The number of rotatable bonds is 8.